The number of esters is 1. The normalized spacial score (nSPS) is 16.6. The van der Waals surface area contributed by atoms with Gasteiger partial charge in [0.2, 0.25) is 17.7 Å². The van der Waals surface area contributed by atoms with Gasteiger partial charge in [-0.3, -0.25) is 14.4 Å². The highest BCUT2D eigenvalue weighted by molar-refractivity contribution is 7.13. The minimum Gasteiger partial charge on any atom is -0.494 e. The number of benzene rings is 2. The van der Waals surface area contributed by atoms with Crippen molar-refractivity contribution in [1.29, 1.82) is 0 Å². The molecule has 12 nitrogen and oxygen atoms in total. The molecule has 2 aromatic carbocycles. The van der Waals surface area contributed by atoms with Crippen LogP contribution in [0.15, 0.2) is 54.0 Å². The van der Waals surface area contributed by atoms with E-state index in [0.717, 1.165) is 21.7 Å². The van der Waals surface area contributed by atoms with Crippen LogP contribution in [0, 0.1) is 12.3 Å². The molecule has 3 amide bonds. The average Bonchev–Trinajstić information content (AvgIpc) is 3.70. The highest BCUT2D eigenvalue weighted by Crippen LogP contribution is 2.28. The zero-order valence-electron chi connectivity index (χ0n) is 28.7. The fourth-order valence-electron chi connectivity index (χ4n) is 5.45. The van der Waals surface area contributed by atoms with Crippen molar-refractivity contribution in [2.45, 2.75) is 71.7 Å². The lowest BCUT2D eigenvalue weighted by molar-refractivity contribution is -0.144. The van der Waals surface area contributed by atoms with Gasteiger partial charge in [-0.1, -0.05) is 45.0 Å². The summed E-state index contributed by atoms with van der Waals surface area (Å²) >= 11 is 1.57. The predicted octanol–water partition coefficient (Wildman–Crippen LogP) is 3.89. The van der Waals surface area contributed by atoms with Crippen LogP contribution in [0.1, 0.15) is 61.6 Å². The van der Waals surface area contributed by atoms with E-state index >= 15 is 0 Å². The Morgan fingerprint density at radius 1 is 1.04 bits per heavy atom. The van der Waals surface area contributed by atoms with E-state index < -0.39 is 41.4 Å². The molecular weight excluding hydrogens is 648 g/mol. The number of nitrogens with one attached hydrogen (secondary N) is 2. The van der Waals surface area contributed by atoms with Crippen molar-refractivity contribution in [2.75, 3.05) is 33.5 Å². The van der Waals surface area contributed by atoms with Crippen molar-refractivity contribution in [1.82, 2.24) is 20.5 Å². The van der Waals surface area contributed by atoms with Crippen molar-refractivity contribution >= 4 is 35.0 Å². The molecule has 49 heavy (non-hydrogen) atoms. The molecule has 0 spiro atoms. The Bertz CT molecular complexity index is 1570. The molecule has 3 N–H and O–H groups in total. The number of ether oxygens (including phenoxy) is 3. The van der Waals surface area contributed by atoms with Crippen molar-refractivity contribution in [3.8, 4) is 16.2 Å². The molecule has 1 aromatic heterocycles. The van der Waals surface area contributed by atoms with E-state index in [1.807, 2.05) is 57.5 Å². The zero-order valence-corrected chi connectivity index (χ0v) is 29.5. The lowest BCUT2D eigenvalue weighted by Crippen LogP contribution is -2.58. The number of aryl methyl sites for hydroxylation is 1. The second-order valence-corrected chi connectivity index (χ2v) is 13.9. The quantitative estimate of drug-likeness (QED) is 0.159. The van der Waals surface area contributed by atoms with Crippen LogP contribution in [0.3, 0.4) is 0 Å². The number of aliphatic hydroxyl groups excluding tert-OH is 1. The van der Waals surface area contributed by atoms with E-state index in [0.29, 0.717) is 37.4 Å². The maximum Gasteiger partial charge on any atom is 0.337 e. The van der Waals surface area contributed by atoms with Crippen molar-refractivity contribution < 1.29 is 38.5 Å². The number of carbonyl (C=O) groups is 4. The summed E-state index contributed by atoms with van der Waals surface area (Å²) in [5.74, 6) is -1.03. The van der Waals surface area contributed by atoms with Gasteiger partial charge in [-0.25, -0.2) is 9.78 Å². The molecule has 3 aromatic rings. The molecular formula is C36H46N4O8S. The van der Waals surface area contributed by atoms with Gasteiger partial charge in [0.25, 0.3) is 0 Å². The number of unbranched alkanes of at least 4 members (excludes halogenated alkanes) is 1. The largest absolute Gasteiger partial charge is 0.494 e. The predicted molar refractivity (Wildman–Crippen MR) is 185 cm³/mol. The molecule has 264 valence electrons. The Morgan fingerprint density at radius 2 is 1.73 bits per heavy atom. The van der Waals surface area contributed by atoms with Crippen LogP contribution in [-0.4, -0.2) is 90.3 Å². The maximum absolute atomic E-state index is 13.8. The standard InChI is InChI=1S/C36H46N4O8S/c1-23-31(49-22-38-23)25-10-8-24(9-11-25)19-37-33(43)29-18-27(41)20-40(29)34(44)32(36(2,3)4)39-30(42)21-47-16-6-7-17-48-28-14-12-26(13-15-28)35(45)46-5/h8-15,22,27,29,32,41H,6-7,16-21H2,1-5H3,(H,37,43)(H,39,42). The average molecular weight is 695 g/mol. The third-order valence-electron chi connectivity index (χ3n) is 8.17. The topological polar surface area (TPSA) is 156 Å². The van der Waals surface area contributed by atoms with Crippen LogP contribution in [-0.2, 0) is 30.4 Å². The third kappa shape index (κ3) is 10.6. The first-order valence-corrected chi connectivity index (χ1v) is 17.2. The molecule has 1 aliphatic rings. The molecule has 13 heteroatoms. The van der Waals surface area contributed by atoms with Gasteiger partial charge in [0.1, 0.15) is 24.4 Å². The molecule has 0 bridgehead atoms. The molecule has 0 aliphatic carbocycles. The molecule has 0 radical (unpaired) electrons. The summed E-state index contributed by atoms with van der Waals surface area (Å²) in [4.78, 5) is 58.3. The van der Waals surface area contributed by atoms with Gasteiger partial charge in [-0.2, -0.15) is 0 Å². The molecule has 3 atom stereocenters. The monoisotopic (exact) mass is 694 g/mol. The van der Waals surface area contributed by atoms with Crippen LogP contribution in [0.5, 0.6) is 5.75 Å². The van der Waals surface area contributed by atoms with Gasteiger partial charge in [0, 0.05) is 26.1 Å². The number of thiazole rings is 1. The second-order valence-electron chi connectivity index (χ2n) is 13.1. The summed E-state index contributed by atoms with van der Waals surface area (Å²) in [6.45, 7) is 8.24. The number of hydrogen-bond donors (Lipinski definition) is 3. The number of amides is 3. The number of β-amino-alcohol motifs (C(OH)–C–C–N with tert-alkyl or cyclic N) is 1. The van der Waals surface area contributed by atoms with Gasteiger partial charge in [0.15, 0.2) is 0 Å². The van der Waals surface area contributed by atoms with E-state index in [-0.39, 0.29) is 32.0 Å². The van der Waals surface area contributed by atoms with Crippen molar-refractivity contribution in [2.24, 2.45) is 5.41 Å². The minimum atomic E-state index is -0.939. The van der Waals surface area contributed by atoms with Gasteiger partial charge in [-0.15, -0.1) is 11.3 Å². The number of likely N-dealkylation sites (tertiary alicyclic amines) is 1. The Balaban J connectivity index is 1.22. The number of carbonyl (C=O) groups excluding carboxylic acids is 4. The van der Waals surface area contributed by atoms with E-state index in [9.17, 15) is 24.3 Å². The molecule has 1 saturated heterocycles. The van der Waals surface area contributed by atoms with Crippen LogP contribution < -0.4 is 15.4 Å². The fourth-order valence-corrected chi connectivity index (χ4v) is 6.26. The minimum absolute atomic E-state index is 0.00371. The zero-order chi connectivity index (χ0) is 35.6. The smallest absolute Gasteiger partial charge is 0.337 e. The number of methoxy groups -OCH3 is 1. The van der Waals surface area contributed by atoms with Crippen molar-refractivity contribution in [3.05, 3.63) is 70.9 Å². The van der Waals surface area contributed by atoms with Gasteiger partial charge in [0.05, 0.1) is 41.5 Å². The first kappa shape index (κ1) is 37.5. The molecule has 0 saturated carbocycles. The number of nitrogens with zero attached hydrogens (tertiary/aromatic N) is 2. The molecule has 4 rings (SSSR count). The lowest BCUT2D eigenvalue weighted by Gasteiger charge is -2.35. The summed E-state index contributed by atoms with van der Waals surface area (Å²) in [5, 5.41) is 16.2. The fraction of sp³-hybridized carbons (Fsp3) is 0.472. The first-order valence-electron chi connectivity index (χ1n) is 16.3. The van der Waals surface area contributed by atoms with Crippen LogP contribution in [0.25, 0.3) is 10.4 Å². The Kier molecular flexibility index (Phi) is 13.3. The summed E-state index contributed by atoms with van der Waals surface area (Å²) in [7, 11) is 1.33. The highest BCUT2D eigenvalue weighted by atomic mass is 32.1. The Labute approximate surface area is 291 Å². The molecule has 2 heterocycles. The maximum atomic E-state index is 13.8. The third-order valence-corrected chi connectivity index (χ3v) is 9.15. The summed E-state index contributed by atoms with van der Waals surface area (Å²) in [6.07, 6.45) is 0.581. The molecule has 1 fully saturated rings. The van der Waals surface area contributed by atoms with E-state index in [4.69, 9.17) is 9.47 Å². The number of hydrogen-bond acceptors (Lipinski definition) is 10. The summed E-state index contributed by atoms with van der Waals surface area (Å²) < 4.78 is 15.9. The summed E-state index contributed by atoms with van der Waals surface area (Å²) in [5.41, 5.74) is 4.50. The van der Waals surface area contributed by atoms with Crippen LogP contribution >= 0.6 is 11.3 Å². The van der Waals surface area contributed by atoms with E-state index in [1.165, 1.54) is 12.0 Å². The van der Waals surface area contributed by atoms with E-state index in [2.05, 4.69) is 20.4 Å². The number of aliphatic hydroxyl groups is 1. The Morgan fingerprint density at radius 3 is 2.37 bits per heavy atom. The van der Waals surface area contributed by atoms with E-state index in [1.54, 1.807) is 35.6 Å². The van der Waals surface area contributed by atoms with Gasteiger partial charge < -0.3 is 34.9 Å². The lowest BCUT2D eigenvalue weighted by atomic mass is 9.85. The number of rotatable bonds is 15. The van der Waals surface area contributed by atoms with Crippen LogP contribution in [0.4, 0.5) is 0 Å². The number of aromatic nitrogens is 1. The highest BCUT2D eigenvalue weighted by Gasteiger charge is 2.44. The van der Waals surface area contributed by atoms with Gasteiger partial charge in [-0.05, 0) is 60.6 Å². The first-order chi connectivity index (χ1) is 23.4. The van der Waals surface area contributed by atoms with Gasteiger partial charge >= 0.3 is 5.97 Å². The SMILES string of the molecule is COC(=O)c1ccc(OCCCCOCC(=O)NC(C(=O)N2CC(O)CC2C(=O)NCc2ccc(-c3scnc3C)cc2)C(C)(C)C)cc1. The molecule has 3 unspecified atom stereocenters. The van der Waals surface area contributed by atoms with Crippen molar-refractivity contribution in [3.63, 3.8) is 0 Å². The Hall–Kier alpha value is -4.33. The molecule has 1 aliphatic heterocycles. The van der Waals surface area contributed by atoms with Crippen LogP contribution in [0.2, 0.25) is 0 Å². The second kappa shape index (κ2) is 17.4. The summed E-state index contributed by atoms with van der Waals surface area (Å²) in [6, 6.07) is 12.7.